The summed E-state index contributed by atoms with van der Waals surface area (Å²) < 4.78 is 0. The minimum absolute atomic E-state index is 0.123. The number of fused-ring (bicyclic) bond motifs is 1. The van der Waals surface area contributed by atoms with Crippen LogP contribution in [0.5, 0.6) is 0 Å². The van der Waals surface area contributed by atoms with Crippen LogP contribution in [0.4, 0.5) is 0 Å². The molecule has 1 aliphatic rings. The van der Waals surface area contributed by atoms with Crippen LogP contribution in [-0.2, 0) is 12.8 Å². The number of hydrogen-bond donors (Lipinski definition) is 1. The molecule has 1 atom stereocenters. The van der Waals surface area contributed by atoms with E-state index >= 15 is 0 Å². The summed E-state index contributed by atoms with van der Waals surface area (Å²) in [5.41, 5.74) is 2.88. The maximum atomic E-state index is 10.4. The monoisotopic (exact) mass is 218 g/mol. The Morgan fingerprint density at radius 3 is 2.06 bits per heavy atom. The molecule has 1 aliphatic carbocycles. The predicted octanol–water partition coefficient (Wildman–Crippen LogP) is 3.20. The fraction of sp³-hybridized carbons (Fsp3) is 0.600. The van der Waals surface area contributed by atoms with E-state index in [1.807, 2.05) is 0 Å². The second-order valence-corrected chi connectivity index (χ2v) is 5.00. The Labute approximate surface area is 98.5 Å². The Balaban J connectivity index is 2.05. The highest BCUT2D eigenvalue weighted by atomic mass is 16.3. The molecule has 0 saturated heterocycles. The van der Waals surface area contributed by atoms with Gasteiger partial charge in [-0.15, -0.1) is 0 Å². The van der Waals surface area contributed by atoms with Crippen LogP contribution in [0, 0.1) is 11.8 Å². The van der Waals surface area contributed by atoms with E-state index in [4.69, 9.17) is 0 Å². The van der Waals surface area contributed by atoms with Crippen molar-refractivity contribution in [2.75, 3.05) is 0 Å². The molecule has 0 spiro atoms. The fourth-order valence-corrected chi connectivity index (χ4v) is 2.99. The van der Waals surface area contributed by atoms with E-state index in [2.05, 4.69) is 38.1 Å². The molecule has 1 heteroatoms. The van der Waals surface area contributed by atoms with Gasteiger partial charge in [-0.3, -0.25) is 0 Å². The van der Waals surface area contributed by atoms with E-state index in [1.165, 1.54) is 11.1 Å². The van der Waals surface area contributed by atoms with Gasteiger partial charge in [-0.25, -0.2) is 0 Å². The van der Waals surface area contributed by atoms with Gasteiger partial charge in [0.1, 0.15) is 0 Å². The van der Waals surface area contributed by atoms with E-state index in [9.17, 15) is 5.11 Å². The van der Waals surface area contributed by atoms with Crippen molar-refractivity contribution in [3.05, 3.63) is 35.4 Å². The summed E-state index contributed by atoms with van der Waals surface area (Å²) in [5, 5.41) is 10.4. The Morgan fingerprint density at radius 1 is 1.12 bits per heavy atom. The Bertz CT molecular complexity index is 316. The van der Waals surface area contributed by atoms with Gasteiger partial charge in [-0.2, -0.15) is 0 Å². The minimum atomic E-state index is -0.123. The molecule has 0 heterocycles. The molecular formula is C15H22O. The highest BCUT2D eigenvalue weighted by Crippen LogP contribution is 2.32. The van der Waals surface area contributed by atoms with Crippen molar-refractivity contribution in [1.29, 1.82) is 0 Å². The second-order valence-electron chi connectivity index (χ2n) is 5.00. The van der Waals surface area contributed by atoms with Crippen LogP contribution in [0.3, 0.4) is 0 Å². The van der Waals surface area contributed by atoms with Crippen LogP contribution in [0.25, 0.3) is 0 Å². The van der Waals surface area contributed by atoms with Gasteiger partial charge in [0.2, 0.25) is 0 Å². The standard InChI is InChI=1S/C15H22O/c1-3-11(4-2)15(16)14-9-12-7-5-6-8-13(12)10-14/h5-8,11,14-16H,3-4,9-10H2,1-2H3. The molecule has 0 saturated carbocycles. The molecule has 1 aromatic carbocycles. The SMILES string of the molecule is CCC(CC)C(O)C1Cc2ccccc2C1. The van der Waals surface area contributed by atoms with Crippen molar-refractivity contribution in [2.45, 2.75) is 45.6 Å². The van der Waals surface area contributed by atoms with Gasteiger partial charge in [0.25, 0.3) is 0 Å². The van der Waals surface area contributed by atoms with Crippen molar-refractivity contribution in [3.63, 3.8) is 0 Å². The lowest BCUT2D eigenvalue weighted by Crippen LogP contribution is -2.29. The predicted molar refractivity (Wildman–Crippen MR) is 67.4 cm³/mol. The normalized spacial score (nSPS) is 17.8. The van der Waals surface area contributed by atoms with E-state index in [-0.39, 0.29) is 6.10 Å². The molecule has 1 nitrogen and oxygen atoms in total. The lowest BCUT2D eigenvalue weighted by molar-refractivity contribution is 0.0502. The Hall–Kier alpha value is -0.820. The number of aliphatic hydroxyl groups is 1. The molecular weight excluding hydrogens is 196 g/mol. The lowest BCUT2D eigenvalue weighted by Gasteiger charge is -2.25. The molecule has 1 N–H and O–H groups in total. The summed E-state index contributed by atoms with van der Waals surface area (Å²) in [5.74, 6) is 0.918. The van der Waals surface area contributed by atoms with Gasteiger partial charge in [0.15, 0.2) is 0 Å². The Morgan fingerprint density at radius 2 is 1.62 bits per heavy atom. The number of benzene rings is 1. The van der Waals surface area contributed by atoms with E-state index < -0.39 is 0 Å². The van der Waals surface area contributed by atoms with Crippen molar-refractivity contribution in [2.24, 2.45) is 11.8 Å². The van der Waals surface area contributed by atoms with Crippen LogP contribution in [0.1, 0.15) is 37.8 Å². The van der Waals surface area contributed by atoms with Crippen molar-refractivity contribution >= 4 is 0 Å². The molecule has 88 valence electrons. The summed E-state index contributed by atoms with van der Waals surface area (Å²) in [4.78, 5) is 0. The van der Waals surface area contributed by atoms with Crippen LogP contribution >= 0.6 is 0 Å². The lowest BCUT2D eigenvalue weighted by atomic mass is 9.86. The van der Waals surface area contributed by atoms with Gasteiger partial charge in [0.05, 0.1) is 6.10 Å². The maximum absolute atomic E-state index is 10.4. The third kappa shape index (κ3) is 2.15. The number of rotatable bonds is 4. The van der Waals surface area contributed by atoms with Crippen LogP contribution in [0.2, 0.25) is 0 Å². The maximum Gasteiger partial charge on any atom is 0.0602 e. The first-order valence-electron chi connectivity index (χ1n) is 6.51. The summed E-state index contributed by atoms with van der Waals surface area (Å²) in [7, 11) is 0. The van der Waals surface area contributed by atoms with Gasteiger partial charge >= 0.3 is 0 Å². The van der Waals surface area contributed by atoms with E-state index in [1.54, 1.807) is 0 Å². The molecule has 0 amide bonds. The topological polar surface area (TPSA) is 20.2 Å². The quantitative estimate of drug-likeness (QED) is 0.823. The molecule has 0 aromatic heterocycles. The van der Waals surface area contributed by atoms with E-state index in [0.29, 0.717) is 11.8 Å². The van der Waals surface area contributed by atoms with E-state index in [0.717, 1.165) is 25.7 Å². The first kappa shape index (κ1) is 11.7. The summed E-state index contributed by atoms with van der Waals surface area (Å²) in [6.45, 7) is 4.36. The first-order valence-corrected chi connectivity index (χ1v) is 6.51. The highest BCUT2D eigenvalue weighted by molar-refractivity contribution is 5.32. The zero-order valence-corrected chi connectivity index (χ0v) is 10.3. The molecule has 2 rings (SSSR count). The molecule has 0 aliphatic heterocycles. The number of aliphatic hydroxyl groups excluding tert-OH is 1. The Kier molecular flexibility index (Phi) is 3.65. The van der Waals surface area contributed by atoms with Crippen molar-refractivity contribution < 1.29 is 5.11 Å². The van der Waals surface area contributed by atoms with Gasteiger partial charge in [0, 0.05) is 0 Å². The second kappa shape index (κ2) is 5.01. The zero-order valence-electron chi connectivity index (χ0n) is 10.3. The molecule has 0 bridgehead atoms. The molecule has 0 radical (unpaired) electrons. The largest absolute Gasteiger partial charge is 0.393 e. The van der Waals surface area contributed by atoms with Crippen molar-refractivity contribution in [1.82, 2.24) is 0 Å². The summed E-state index contributed by atoms with van der Waals surface area (Å²) in [6, 6.07) is 8.61. The average Bonchev–Trinajstić information content (AvgIpc) is 2.74. The smallest absolute Gasteiger partial charge is 0.0602 e. The zero-order chi connectivity index (χ0) is 11.5. The minimum Gasteiger partial charge on any atom is -0.393 e. The fourth-order valence-electron chi connectivity index (χ4n) is 2.99. The molecule has 1 aromatic rings. The average molecular weight is 218 g/mol. The molecule has 1 unspecified atom stereocenters. The summed E-state index contributed by atoms with van der Waals surface area (Å²) in [6.07, 6.45) is 4.18. The van der Waals surface area contributed by atoms with Crippen LogP contribution in [-0.4, -0.2) is 11.2 Å². The highest BCUT2D eigenvalue weighted by Gasteiger charge is 2.30. The van der Waals surface area contributed by atoms with Crippen molar-refractivity contribution in [3.8, 4) is 0 Å². The van der Waals surface area contributed by atoms with Gasteiger partial charge in [-0.1, -0.05) is 51.0 Å². The third-order valence-electron chi connectivity index (χ3n) is 4.10. The molecule has 16 heavy (non-hydrogen) atoms. The molecule has 0 fully saturated rings. The number of hydrogen-bond acceptors (Lipinski definition) is 1. The van der Waals surface area contributed by atoms with Crippen LogP contribution < -0.4 is 0 Å². The van der Waals surface area contributed by atoms with Crippen LogP contribution in [0.15, 0.2) is 24.3 Å². The van der Waals surface area contributed by atoms with Gasteiger partial charge in [-0.05, 0) is 35.8 Å². The summed E-state index contributed by atoms with van der Waals surface area (Å²) >= 11 is 0. The first-order chi connectivity index (χ1) is 7.76. The third-order valence-corrected chi connectivity index (χ3v) is 4.10. The van der Waals surface area contributed by atoms with Gasteiger partial charge < -0.3 is 5.11 Å².